The Morgan fingerprint density at radius 3 is 2.47 bits per heavy atom. The van der Waals surface area contributed by atoms with E-state index in [2.05, 4.69) is 4.98 Å². The average Bonchev–Trinajstić information content (AvgIpc) is 2.26. The Hall–Kier alpha value is -1.33. The summed E-state index contributed by atoms with van der Waals surface area (Å²) < 4.78 is 0. The first kappa shape index (κ1) is 15.7. The number of hydrogen-bond donors (Lipinski definition) is 1. The molecule has 1 rings (SSSR count). The van der Waals surface area contributed by atoms with Crippen LogP contribution in [0.25, 0.3) is 0 Å². The summed E-state index contributed by atoms with van der Waals surface area (Å²) in [6.07, 6.45) is 0. The number of primary amides is 1. The highest BCUT2D eigenvalue weighted by atomic mass is 35.5. The highest BCUT2D eigenvalue weighted by Gasteiger charge is 2.21. The molecule has 7 heteroatoms. The van der Waals surface area contributed by atoms with Crippen molar-refractivity contribution in [2.45, 2.75) is 13.8 Å². The molecule has 0 unspecified atom stereocenters. The topological polar surface area (TPSA) is 76.3 Å². The van der Waals surface area contributed by atoms with Crippen molar-refractivity contribution in [3.05, 3.63) is 28.0 Å². The molecule has 0 aliphatic carbocycles. The van der Waals surface area contributed by atoms with Gasteiger partial charge in [-0.15, -0.1) is 0 Å². The highest BCUT2D eigenvalue weighted by molar-refractivity contribution is 6.34. The molecule has 0 atom stereocenters. The molecule has 104 valence electrons. The Balaban J connectivity index is 3.00. The molecular weight excluding hydrogens is 289 g/mol. The van der Waals surface area contributed by atoms with E-state index in [1.165, 1.54) is 17.0 Å². The third kappa shape index (κ3) is 4.69. The van der Waals surface area contributed by atoms with Gasteiger partial charge in [0.05, 0.1) is 12.1 Å². The molecule has 0 aliphatic rings. The molecular formula is C12H15Cl2N3O2. The van der Waals surface area contributed by atoms with Gasteiger partial charge < -0.3 is 10.6 Å². The fraction of sp³-hybridized carbons (Fsp3) is 0.417. The minimum Gasteiger partial charge on any atom is -0.368 e. The monoisotopic (exact) mass is 303 g/mol. The van der Waals surface area contributed by atoms with E-state index in [1.807, 2.05) is 13.8 Å². The molecule has 0 aliphatic heterocycles. The van der Waals surface area contributed by atoms with E-state index in [0.29, 0.717) is 6.54 Å². The van der Waals surface area contributed by atoms with Crippen molar-refractivity contribution in [3.8, 4) is 0 Å². The summed E-state index contributed by atoms with van der Waals surface area (Å²) in [5, 5.41) is 0.211. The van der Waals surface area contributed by atoms with Crippen LogP contribution in [-0.4, -0.2) is 34.8 Å². The van der Waals surface area contributed by atoms with Gasteiger partial charge in [0.1, 0.15) is 10.3 Å². The molecule has 0 bridgehead atoms. The molecule has 0 saturated heterocycles. The molecule has 0 spiro atoms. The predicted octanol–water partition coefficient (Wildman–Crippen LogP) is 1.97. The van der Waals surface area contributed by atoms with Crippen molar-refractivity contribution in [1.82, 2.24) is 9.88 Å². The SMILES string of the molecule is CC(C)CN(CC(N)=O)C(=O)c1ccc(Cl)nc1Cl. The molecule has 19 heavy (non-hydrogen) atoms. The third-order valence-corrected chi connectivity index (χ3v) is 2.76. The number of halogens is 2. The number of carbonyl (C=O) groups is 2. The Kier molecular flexibility index (Phi) is 5.57. The minimum absolute atomic E-state index is 0.00993. The summed E-state index contributed by atoms with van der Waals surface area (Å²) in [7, 11) is 0. The third-order valence-electron chi connectivity index (χ3n) is 2.26. The van der Waals surface area contributed by atoms with Gasteiger partial charge in [-0.1, -0.05) is 37.0 Å². The zero-order valence-corrected chi connectivity index (χ0v) is 12.2. The molecule has 2 N–H and O–H groups in total. The zero-order chi connectivity index (χ0) is 14.6. The van der Waals surface area contributed by atoms with Gasteiger partial charge in [-0.25, -0.2) is 4.98 Å². The van der Waals surface area contributed by atoms with Crippen LogP contribution in [0.4, 0.5) is 0 Å². The van der Waals surface area contributed by atoms with Crippen molar-refractivity contribution >= 4 is 35.0 Å². The lowest BCUT2D eigenvalue weighted by molar-refractivity contribution is -0.118. The summed E-state index contributed by atoms with van der Waals surface area (Å²) in [6.45, 7) is 4.11. The smallest absolute Gasteiger partial charge is 0.257 e. The lowest BCUT2D eigenvalue weighted by Crippen LogP contribution is -2.40. The zero-order valence-electron chi connectivity index (χ0n) is 10.7. The van der Waals surface area contributed by atoms with Crippen LogP contribution in [0.15, 0.2) is 12.1 Å². The van der Waals surface area contributed by atoms with Gasteiger partial charge >= 0.3 is 0 Å². The first-order valence-corrected chi connectivity index (χ1v) is 6.46. The fourth-order valence-electron chi connectivity index (χ4n) is 1.59. The van der Waals surface area contributed by atoms with Crippen molar-refractivity contribution in [2.24, 2.45) is 11.7 Å². The van der Waals surface area contributed by atoms with Crippen LogP contribution in [-0.2, 0) is 4.79 Å². The number of hydrogen-bond acceptors (Lipinski definition) is 3. The lowest BCUT2D eigenvalue weighted by Gasteiger charge is -2.23. The van der Waals surface area contributed by atoms with Crippen LogP contribution in [0.1, 0.15) is 24.2 Å². The van der Waals surface area contributed by atoms with Crippen LogP contribution < -0.4 is 5.73 Å². The van der Waals surface area contributed by atoms with Gasteiger partial charge in [-0.2, -0.15) is 0 Å². The normalized spacial score (nSPS) is 10.6. The Morgan fingerprint density at radius 1 is 1.37 bits per heavy atom. The fourth-order valence-corrected chi connectivity index (χ4v) is 2.02. The van der Waals surface area contributed by atoms with Gasteiger partial charge in [0.25, 0.3) is 5.91 Å². The van der Waals surface area contributed by atoms with E-state index in [-0.39, 0.29) is 34.2 Å². The summed E-state index contributed by atoms with van der Waals surface area (Å²) in [5.74, 6) is -0.768. The van der Waals surface area contributed by atoms with Gasteiger partial charge in [-0.05, 0) is 18.1 Å². The van der Waals surface area contributed by atoms with Crippen LogP contribution in [0.5, 0.6) is 0 Å². The molecule has 1 aromatic rings. The second-order valence-electron chi connectivity index (χ2n) is 4.52. The van der Waals surface area contributed by atoms with E-state index >= 15 is 0 Å². The minimum atomic E-state index is -0.577. The van der Waals surface area contributed by atoms with Gasteiger partial charge in [-0.3, -0.25) is 9.59 Å². The van der Waals surface area contributed by atoms with E-state index in [4.69, 9.17) is 28.9 Å². The van der Waals surface area contributed by atoms with Crippen LogP contribution in [0.3, 0.4) is 0 Å². The van der Waals surface area contributed by atoms with E-state index in [9.17, 15) is 9.59 Å². The van der Waals surface area contributed by atoms with E-state index < -0.39 is 5.91 Å². The van der Waals surface area contributed by atoms with E-state index in [1.54, 1.807) is 0 Å². The second kappa shape index (κ2) is 6.73. The summed E-state index contributed by atoms with van der Waals surface area (Å²) >= 11 is 11.6. The van der Waals surface area contributed by atoms with Gasteiger partial charge in [0.15, 0.2) is 0 Å². The van der Waals surface area contributed by atoms with Crippen molar-refractivity contribution < 1.29 is 9.59 Å². The van der Waals surface area contributed by atoms with Crippen molar-refractivity contribution in [2.75, 3.05) is 13.1 Å². The summed E-state index contributed by atoms with van der Waals surface area (Å²) in [5.41, 5.74) is 5.35. The maximum atomic E-state index is 12.3. The quantitative estimate of drug-likeness (QED) is 0.845. The predicted molar refractivity (Wildman–Crippen MR) is 74.2 cm³/mol. The van der Waals surface area contributed by atoms with Gasteiger partial charge in [0, 0.05) is 6.54 Å². The number of nitrogens with zero attached hydrogens (tertiary/aromatic N) is 2. The molecule has 2 amide bonds. The first-order chi connectivity index (χ1) is 8.81. The maximum absolute atomic E-state index is 12.3. The largest absolute Gasteiger partial charge is 0.368 e. The number of amides is 2. The number of rotatable bonds is 5. The number of nitrogens with two attached hydrogens (primary N) is 1. The first-order valence-electron chi connectivity index (χ1n) is 5.71. The van der Waals surface area contributed by atoms with Crippen molar-refractivity contribution in [1.29, 1.82) is 0 Å². The molecule has 0 radical (unpaired) electrons. The second-order valence-corrected chi connectivity index (χ2v) is 5.26. The summed E-state index contributed by atoms with van der Waals surface area (Å²) in [6, 6.07) is 2.95. The molecule has 0 saturated carbocycles. The molecule has 1 aromatic heterocycles. The Morgan fingerprint density at radius 2 is 2.00 bits per heavy atom. The average molecular weight is 304 g/mol. The number of pyridine rings is 1. The van der Waals surface area contributed by atoms with Crippen molar-refractivity contribution in [3.63, 3.8) is 0 Å². The molecule has 0 aromatic carbocycles. The van der Waals surface area contributed by atoms with Gasteiger partial charge in [0.2, 0.25) is 5.91 Å². The lowest BCUT2D eigenvalue weighted by atomic mass is 10.1. The Labute approximate surface area is 121 Å². The Bertz CT molecular complexity index is 492. The number of carbonyl (C=O) groups excluding carboxylic acids is 2. The van der Waals surface area contributed by atoms with Crippen LogP contribution in [0, 0.1) is 5.92 Å². The standard InChI is InChI=1S/C12H15Cl2N3O2/c1-7(2)5-17(6-10(15)18)12(19)8-3-4-9(13)16-11(8)14/h3-4,7H,5-6H2,1-2H3,(H2,15,18). The van der Waals surface area contributed by atoms with Crippen LogP contribution in [0.2, 0.25) is 10.3 Å². The summed E-state index contributed by atoms with van der Waals surface area (Å²) in [4.78, 5) is 28.5. The molecule has 1 heterocycles. The van der Waals surface area contributed by atoms with E-state index in [0.717, 1.165) is 0 Å². The number of aromatic nitrogens is 1. The molecule has 5 nitrogen and oxygen atoms in total. The van der Waals surface area contributed by atoms with Crippen LogP contribution >= 0.6 is 23.2 Å². The maximum Gasteiger partial charge on any atom is 0.257 e. The molecule has 0 fully saturated rings. The highest BCUT2D eigenvalue weighted by Crippen LogP contribution is 2.18.